The molecule has 0 spiro atoms. The van der Waals surface area contributed by atoms with E-state index in [4.69, 9.17) is 10.9 Å². The Balaban J connectivity index is 2.30. The molecule has 0 aromatic heterocycles. The monoisotopic (exact) mass is 282 g/mol. The molecule has 0 atom stereocenters. The summed E-state index contributed by atoms with van der Waals surface area (Å²) in [5, 5.41) is 10.4. The molecule has 0 unspecified atom stereocenters. The van der Waals surface area contributed by atoms with Crippen molar-refractivity contribution in [3.63, 3.8) is 0 Å². The van der Waals surface area contributed by atoms with Crippen LogP contribution in [0, 0.1) is 0 Å². The van der Waals surface area contributed by atoms with E-state index in [1.807, 2.05) is 66.7 Å². The summed E-state index contributed by atoms with van der Waals surface area (Å²) in [6.45, 7) is 0. The number of aliphatic carboxylic acids is 1. The van der Waals surface area contributed by atoms with E-state index in [-0.39, 0.29) is 6.42 Å². The summed E-state index contributed by atoms with van der Waals surface area (Å²) in [5.74, 6) is 5.39. The van der Waals surface area contributed by atoms with Crippen molar-refractivity contribution < 1.29 is 9.90 Å². The number of allylic oxidation sites excluding steroid dienone is 1. The van der Waals surface area contributed by atoms with Gasteiger partial charge in [0, 0.05) is 6.42 Å². The maximum Gasteiger partial charge on any atom is 0.303 e. The second kappa shape index (κ2) is 7.26. The van der Waals surface area contributed by atoms with Crippen LogP contribution in [-0.4, -0.2) is 11.1 Å². The first-order valence-corrected chi connectivity index (χ1v) is 6.75. The summed E-state index contributed by atoms with van der Waals surface area (Å²) in [4.78, 5) is 10.7. The van der Waals surface area contributed by atoms with Gasteiger partial charge in [0.1, 0.15) is 0 Å². The number of benzene rings is 2. The van der Waals surface area contributed by atoms with Crippen LogP contribution in [0.15, 0.2) is 66.7 Å². The smallest absolute Gasteiger partial charge is 0.303 e. The first-order chi connectivity index (χ1) is 10.2. The minimum Gasteiger partial charge on any atom is -0.481 e. The van der Waals surface area contributed by atoms with Gasteiger partial charge in [0.15, 0.2) is 0 Å². The van der Waals surface area contributed by atoms with Gasteiger partial charge < -0.3 is 5.11 Å². The molecule has 2 aromatic carbocycles. The Morgan fingerprint density at radius 2 is 1.62 bits per heavy atom. The van der Waals surface area contributed by atoms with Crippen molar-refractivity contribution in [3.8, 4) is 0 Å². The Morgan fingerprint density at radius 3 is 2.19 bits per heavy atom. The fourth-order valence-electron chi connectivity index (χ4n) is 2.02. The molecule has 4 nitrogen and oxygen atoms in total. The number of anilines is 1. The SMILES string of the molecule is NN(/C(=C\CCC(=O)O)c1ccccc1)c1ccccc1. The maximum atomic E-state index is 10.7. The van der Waals surface area contributed by atoms with E-state index in [9.17, 15) is 4.79 Å². The third-order valence-corrected chi connectivity index (χ3v) is 3.06. The van der Waals surface area contributed by atoms with Crippen LogP contribution in [0.5, 0.6) is 0 Å². The molecule has 3 N–H and O–H groups in total. The van der Waals surface area contributed by atoms with Crippen molar-refractivity contribution in [1.29, 1.82) is 0 Å². The molecule has 0 bridgehead atoms. The lowest BCUT2D eigenvalue weighted by molar-refractivity contribution is -0.136. The molecule has 4 heteroatoms. The van der Waals surface area contributed by atoms with Gasteiger partial charge in [-0.15, -0.1) is 0 Å². The molecule has 108 valence electrons. The lowest BCUT2D eigenvalue weighted by Crippen LogP contribution is -2.29. The molecule has 0 amide bonds. The largest absolute Gasteiger partial charge is 0.481 e. The van der Waals surface area contributed by atoms with Gasteiger partial charge in [0.25, 0.3) is 0 Å². The number of carbonyl (C=O) groups is 1. The van der Waals surface area contributed by atoms with Crippen molar-refractivity contribution in [2.24, 2.45) is 5.84 Å². The average Bonchev–Trinajstić information content (AvgIpc) is 2.52. The van der Waals surface area contributed by atoms with Crippen LogP contribution in [0.3, 0.4) is 0 Å². The number of carboxylic acids is 1. The van der Waals surface area contributed by atoms with Gasteiger partial charge in [-0.2, -0.15) is 0 Å². The third-order valence-electron chi connectivity index (χ3n) is 3.06. The zero-order valence-electron chi connectivity index (χ0n) is 11.6. The predicted molar refractivity (Wildman–Crippen MR) is 84.4 cm³/mol. The Labute approximate surface area is 124 Å². The van der Waals surface area contributed by atoms with E-state index in [1.54, 1.807) is 5.01 Å². The molecule has 0 aliphatic heterocycles. The van der Waals surface area contributed by atoms with E-state index < -0.39 is 5.97 Å². The number of nitrogens with two attached hydrogens (primary N) is 1. The van der Waals surface area contributed by atoms with Crippen LogP contribution in [0.2, 0.25) is 0 Å². The number of hydrogen-bond donors (Lipinski definition) is 2. The van der Waals surface area contributed by atoms with Gasteiger partial charge in [0.2, 0.25) is 0 Å². The van der Waals surface area contributed by atoms with Crippen molar-refractivity contribution >= 4 is 17.4 Å². The molecule has 0 aliphatic rings. The summed E-state index contributed by atoms with van der Waals surface area (Å²) in [6, 6.07) is 19.3. The van der Waals surface area contributed by atoms with E-state index in [0.29, 0.717) is 6.42 Å². The van der Waals surface area contributed by atoms with Crippen LogP contribution < -0.4 is 10.9 Å². The van der Waals surface area contributed by atoms with E-state index >= 15 is 0 Å². The highest BCUT2D eigenvalue weighted by Crippen LogP contribution is 2.23. The number of hydrazine groups is 1. The van der Waals surface area contributed by atoms with E-state index in [2.05, 4.69) is 0 Å². The van der Waals surface area contributed by atoms with E-state index in [0.717, 1.165) is 16.9 Å². The second-order valence-electron chi connectivity index (χ2n) is 4.59. The van der Waals surface area contributed by atoms with Gasteiger partial charge in [0.05, 0.1) is 11.4 Å². The van der Waals surface area contributed by atoms with Crippen molar-refractivity contribution in [2.45, 2.75) is 12.8 Å². The number of rotatable bonds is 6. The van der Waals surface area contributed by atoms with Gasteiger partial charge in [-0.3, -0.25) is 9.80 Å². The van der Waals surface area contributed by atoms with Crippen LogP contribution in [0.1, 0.15) is 18.4 Å². The molecule has 0 fully saturated rings. The fraction of sp³-hybridized carbons (Fsp3) is 0.118. The highest BCUT2D eigenvalue weighted by atomic mass is 16.4. The molecule has 0 heterocycles. The first kappa shape index (κ1) is 14.8. The summed E-state index contributed by atoms with van der Waals surface area (Å²) in [5.41, 5.74) is 2.60. The average molecular weight is 282 g/mol. The van der Waals surface area contributed by atoms with Crippen LogP contribution in [-0.2, 0) is 4.79 Å². The number of hydrogen-bond acceptors (Lipinski definition) is 3. The summed E-state index contributed by atoms with van der Waals surface area (Å²) in [7, 11) is 0. The van der Waals surface area contributed by atoms with Crippen LogP contribution >= 0.6 is 0 Å². The Morgan fingerprint density at radius 1 is 1.05 bits per heavy atom. The Kier molecular flexibility index (Phi) is 5.12. The molecule has 2 aromatic rings. The highest BCUT2D eigenvalue weighted by Gasteiger charge is 2.10. The van der Waals surface area contributed by atoms with Crippen LogP contribution in [0.4, 0.5) is 5.69 Å². The minimum atomic E-state index is -0.818. The zero-order valence-corrected chi connectivity index (χ0v) is 11.6. The number of carboxylic acid groups (broad SMARTS) is 1. The maximum absolute atomic E-state index is 10.7. The van der Waals surface area contributed by atoms with Gasteiger partial charge >= 0.3 is 5.97 Å². The van der Waals surface area contributed by atoms with Crippen molar-refractivity contribution in [2.75, 3.05) is 5.01 Å². The standard InChI is InChI=1S/C17H18N2O2/c18-19(15-10-5-2-6-11-15)16(12-7-13-17(20)21)14-8-3-1-4-9-14/h1-6,8-12H,7,13,18H2,(H,20,21)/b16-12-. The fourth-order valence-corrected chi connectivity index (χ4v) is 2.02. The number of para-hydroxylation sites is 1. The molecule has 21 heavy (non-hydrogen) atoms. The van der Waals surface area contributed by atoms with E-state index in [1.165, 1.54) is 0 Å². The normalized spacial score (nSPS) is 11.2. The summed E-state index contributed by atoms with van der Waals surface area (Å²) >= 11 is 0. The lowest BCUT2D eigenvalue weighted by Gasteiger charge is -2.22. The third kappa shape index (κ3) is 4.19. The lowest BCUT2D eigenvalue weighted by atomic mass is 10.1. The van der Waals surface area contributed by atoms with Gasteiger partial charge in [-0.25, -0.2) is 5.84 Å². The molecule has 0 saturated carbocycles. The topological polar surface area (TPSA) is 66.6 Å². The predicted octanol–water partition coefficient (Wildman–Crippen LogP) is 3.27. The number of nitrogens with zero attached hydrogens (tertiary/aromatic N) is 1. The summed E-state index contributed by atoms with van der Waals surface area (Å²) < 4.78 is 0. The van der Waals surface area contributed by atoms with Gasteiger partial charge in [-0.1, -0.05) is 54.6 Å². The molecule has 0 saturated heterocycles. The molecule has 2 rings (SSSR count). The Hall–Kier alpha value is -2.59. The minimum absolute atomic E-state index is 0.0823. The highest BCUT2D eigenvalue weighted by molar-refractivity contribution is 5.78. The van der Waals surface area contributed by atoms with Crippen molar-refractivity contribution in [3.05, 3.63) is 72.3 Å². The molecular weight excluding hydrogens is 264 g/mol. The molecular formula is C17H18N2O2. The second-order valence-corrected chi connectivity index (χ2v) is 4.59. The summed E-state index contributed by atoms with van der Waals surface area (Å²) in [6.07, 6.45) is 2.37. The molecule has 0 radical (unpaired) electrons. The van der Waals surface area contributed by atoms with Gasteiger partial charge in [-0.05, 0) is 24.1 Å². The quantitative estimate of drug-likeness (QED) is 0.630. The first-order valence-electron chi connectivity index (χ1n) is 6.75. The van der Waals surface area contributed by atoms with Crippen LogP contribution in [0.25, 0.3) is 5.70 Å². The van der Waals surface area contributed by atoms with Crippen molar-refractivity contribution in [1.82, 2.24) is 0 Å². The molecule has 0 aliphatic carbocycles. The Bertz CT molecular complexity index is 609. The zero-order chi connectivity index (χ0) is 15.1.